The predicted octanol–water partition coefficient (Wildman–Crippen LogP) is 3.94. The van der Waals surface area contributed by atoms with Gasteiger partial charge in [-0.2, -0.15) is 0 Å². The number of hydrogen-bond donors (Lipinski definition) is 1. The molecule has 1 aliphatic rings. The summed E-state index contributed by atoms with van der Waals surface area (Å²) in [6, 6.07) is 7.60. The number of amides is 4. The van der Waals surface area contributed by atoms with Crippen LogP contribution in [0.3, 0.4) is 0 Å². The Morgan fingerprint density at radius 3 is 2.73 bits per heavy atom. The fourth-order valence-electron chi connectivity index (χ4n) is 4.34. The predicted molar refractivity (Wildman–Crippen MR) is 151 cm³/mol. The van der Waals surface area contributed by atoms with Gasteiger partial charge in [0, 0.05) is 46.5 Å². The quantitative estimate of drug-likeness (QED) is 0.111. The van der Waals surface area contributed by atoms with Gasteiger partial charge < -0.3 is 28.8 Å². The highest BCUT2D eigenvalue weighted by molar-refractivity contribution is 6.76. The van der Waals surface area contributed by atoms with Gasteiger partial charge in [0.05, 0.1) is 7.11 Å². The molecule has 41 heavy (non-hydrogen) atoms. The van der Waals surface area contributed by atoms with Crippen LogP contribution in [0.25, 0.3) is 11.1 Å². The van der Waals surface area contributed by atoms with Gasteiger partial charge >= 0.3 is 12.0 Å². The average Bonchev–Trinajstić information content (AvgIpc) is 3.44. The van der Waals surface area contributed by atoms with Crippen LogP contribution in [-0.4, -0.2) is 74.2 Å². The van der Waals surface area contributed by atoms with Gasteiger partial charge in [-0.1, -0.05) is 25.7 Å². The van der Waals surface area contributed by atoms with E-state index in [1.54, 1.807) is 30.3 Å². The summed E-state index contributed by atoms with van der Waals surface area (Å²) < 4.78 is 22.4. The minimum atomic E-state index is -1.37. The number of furan rings is 1. The molecule has 12 nitrogen and oxygen atoms in total. The molecular formula is C28H34N4O8Si. The van der Waals surface area contributed by atoms with Crippen molar-refractivity contribution in [2.45, 2.75) is 45.2 Å². The first-order chi connectivity index (χ1) is 19.5. The third kappa shape index (κ3) is 7.10. The number of methoxy groups -OCH3 is 1. The molecule has 0 radical (unpaired) electrons. The minimum Gasteiger partial charge on any atom is -0.497 e. The van der Waals surface area contributed by atoms with Crippen LogP contribution in [0, 0.1) is 0 Å². The summed E-state index contributed by atoms with van der Waals surface area (Å²) >= 11 is 0. The fourth-order valence-corrected chi connectivity index (χ4v) is 5.09. The zero-order chi connectivity index (χ0) is 29.7. The van der Waals surface area contributed by atoms with Gasteiger partial charge in [-0.25, -0.2) is 14.7 Å². The smallest absolute Gasteiger partial charge is 0.326 e. The van der Waals surface area contributed by atoms with Crippen LogP contribution >= 0.6 is 0 Å². The lowest BCUT2D eigenvalue weighted by atomic mass is 10.1. The van der Waals surface area contributed by atoms with Crippen molar-refractivity contribution >= 4 is 43.5 Å². The summed E-state index contributed by atoms with van der Waals surface area (Å²) in [7, 11) is 0.147. The molecule has 218 valence electrons. The number of imide groups is 1. The summed E-state index contributed by atoms with van der Waals surface area (Å²) in [5.74, 6) is -0.252. The Morgan fingerprint density at radius 1 is 1.27 bits per heavy atom. The highest BCUT2D eigenvalue weighted by Gasteiger charge is 2.35. The number of urea groups is 1. The first-order valence-electron chi connectivity index (χ1n) is 13.1. The summed E-state index contributed by atoms with van der Waals surface area (Å²) in [5.41, 5.74) is 1.87. The van der Waals surface area contributed by atoms with E-state index in [1.807, 2.05) is 0 Å². The van der Waals surface area contributed by atoms with Crippen molar-refractivity contribution in [1.29, 1.82) is 0 Å². The van der Waals surface area contributed by atoms with Crippen LogP contribution in [0.4, 0.5) is 4.79 Å². The molecule has 3 aromatic rings. The summed E-state index contributed by atoms with van der Waals surface area (Å²) in [6.45, 7) is 8.19. The lowest BCUT2D eigenvalue weighted by Gasteiger charge is -2.26. The number of carbonyl (C=O) groups is 4. The molecule has 0 unspecified atom stereocenters. The zero-order valence-electron chi connectivity index (χ0n) is 23.8. The number of ether oxygens (including phenoxy) is 3. The van der Waals surface area contributed by atoms with Crippen LogP contribution < -0.4 is 14.8 Å². The van der Waals surface area contributed by atoms with E-state index in [0.717, 1.165) is 16.5 Å². The van der Waals surface area contributed by atoms with Gasteiger partial charge in [0.2, 0.25) is 12.2 Å². The van der Waals surface area contributed by atoms with E-state index in [4.69, 9.17) is 18.6 Å². The number of benzene rings is 1. The second-order valence-electron chi connectivity index (χ2n) is 10.9. The maximum atomic E-state index is 13.3. The normalized spacial score (nSPS) is 13.6. The van der Waals surface area contributed by atoms with E-state index < -0.39 is 26.1 Å². The second kappa shape index (κ2) is 12.5. The van der Waals surface area contributed by atoms with Gasteiger partial charge in [-0.05, 0) is 35.9 Å². The van der Waals surface area contributed by atoms with E-state index in [9.17, 15) is 19.2 Å². The highest BCUT2D eigenvalue weighted by Crippen LogP contribution is 2.37. The Hall–Kier alpha value is -4.23. The molecule has 2 aromatic heterocycles. The van der Waals surface area contributed by atoms with Crippen LogP contribution in [-0.2, 0) is 20.9 Å². The molecule has 0 spiro atoms. The van der Waals surface area contributed by atoms with Crippen molar-refractivity contribution < 1.29 is 37.8 Å². The molecule has 3 heterocycles. The molecule has 1 aromatic carbocycles. The molecular weight excluding hydrogens is 548 g/mol. The Bertz CT molecular complexity index is 1450. The van der Waals surface area contributed by atoms with E-state index in [0.29, 0.717) is 29.9 Å². The van der Waals surface area contributed by atoms with Gasteiger partial charge in [-0.3, -0.25) is 14.4 Å². The van der Waals surface area contributed by atoms with Crippen LogP contribution in [0.1, 0.15) is 34.6 Å². The van der Waals surface area contributed by atoms with E-state index in [-0.39, 0.29) is 42.8 Å². The zero-order valence-corrected chi connectivity index (χ0v) is 24.8. The Balaban J connectivity index is 1.63. The number of nitrogens with one attached hydrogen (secondary N) is 1. The molecule has 0 saturated carbocycles. The molecule has 0 bridgehead atoms. The maximum Gasteiger partial charge on any atom is 0.326 e. The van der Waals surface area contributed by atoms with Crippen molar-refractivity contribution in [2.75, 3.05) is 27.0 Å². The number of fused-ring (bicyclic) bond motifs is 2. The second-order valence-corrected chi connectivity index (χ2v) is 16.5. The SMILES string of the molecule is COc1ccc2c(c1)C(=O)N(C[C@H](NC(=O)N(C=O)COCC[Si](C)(C)C)c1oc3cccnc3c1OC(C)=O)C2. The van der Waals surface area contributed by atoms with Crippen molar-refractivity contribution in [3.63, 3.8) is 0 Å². The monoisotopic (exact) mass is 582 g/mol. The number of esters is 1. The lowest BCUT2D eigenvalue weighted by Crippen LogP contribution is -2.45. The van der Waals surface area contributed by atoms with E-state index >= 15 is 0 Å². The summed E-state index contributed by atoms with van der Waals surface area (Å²) in [6.07, 6.45) is 1.89. The van der Waals surface area contributed by atoms with Crippen molar-refractivity contribution in [1.82, 2.24) is 20.1 Å². The fraction of sp³-hybridized carbons (Fsp3) is 0.393. The number of carbonyl (C=O) groups excluding carboxylic acids is 4. The number of rotatable bonds is 12. The van der Waals surface area contributed by atoms with Gasteiger partial charge in [0.25, 0.3) is 5.91 Å². The summed E-state index contributed by atoms with van der Waals surface area (Å²) in [4.78, 5) is 57.1. The third-order valence-electron chi connectivity index (χ3n) is 6.50. The van der Waals surface area contributed by atoms with Gasteiger partial charge in [0.1, 0.15) is 18.5 Å². The van der Waals surface area contributed by atoms with Crippen molar-refractivity contribution in [3.8, 4) is 11.5 Å². The largest absolute Gasteiger partial charge is 0.497 e. The van der Waals surface area contributed by atoms with Gasteiger partial charge in [0.15, 0.2) is 16.9 Å². The first-order valence-corrected chi connectivity index (χ1v) is 16.8. The number of aromatic nitrogens is 1. The molecule has 4 rings (SSSR count). The number of hydrogen-bond acceptors (Lipinski definition) is 9. The molecule has 0 saturated heterocycles. The van der Waals surface area contributed by atoms with E-state index in [1.165, 1.54) is 25.1 Å². The van der Waals surface area contributed by atoms with Crippen LogP contribution in [0.5, 0.6) is 11.5 Å². The number of nitrogens with zero attached hydrogens (tertiary/aromatic N) is 3. The molecule has 1 atom stereocenters. The molecule has 0 fully saturated rings. The lowest BCUT2D eigenvalue weighted by molar-refractivity contribution is -0.132. The number of pyridine rings is 1. The van der Waals surface area contributed by atoms with Gasteiger partial charge in [-0.15, -0.1) is 0 Å². The van der Waals surface area contributed by atoms with Crippen molar-refractivity contribution in [3.05, 3.63) is 53.4 Å². The highest BCUT2D eigenvalue weighted by atomic mass is 28.3. The molecule has 1 N–H and O–H groups in total. The first kappa shape index (κ1) is 29.7. The Kier molecular flexibility index (Phi) is 9.08. The molecule has 13 heteroatoms. The van der Waals surface area contributed by atoms with Crippen LogP contribution in [0.2, 0.25) is 25.7 Å². The Labute approximate surface area is 238 Å². The standard InChI is InChI=1S/C28H34N4O8Si/c1-18(34)39-26-24-23(7-6-10-29-24)40-25(26)22(30-28(36)32(16-33)17-38-11-12-41(3,4)5)15-31-14-19-8-9-20(37-2)13-21(19)27(31)35/h6-10,13,16,22H,11-12,14-15,17H2,1-5H3,(H,30,36)/t22-/m0/s1. The van der Waals surface area contributed by atoms with Crippen LogP contribution in [0.15, 0.2) is 40.9 Å². The van der Waals surface area contributed by atoms with E-state index in [2.05, 4.69) is 29.9 Å². The molecule has 0 aliphatic carbocycles. The summed E-state index contributed by atoms with van der Waals surface area (Å²) in [5, 5.41) is 2.77. The molecule has 4 amide bonds. The molecule has 1 aliphatic heterocycles. The van der Waals surface area contributed by atoms with Crippen molar-refractivity contribution in [2.24, 2.45) is 0 Å². The third-order valence-corrected chi connectivity index (χ3v) is 8.21. The minimum absolute atomic E-state index is 0.0215. The average molecular weight is 583 g/mol. The maximum absolute atomic E-state index is 13.3. The Morgan fingerprint density at radius 2 is 2.05 bits per heavy atom. The topological polar surface area (TPSA) is 141 Å².